The van der Waals surface area contributed by atoms with Crippen LogP contribution in [0.15, 0.2) is 0 Å². The molecule has 3 aliphatic rings. The van der Waals surface area contributed by atoms with Gasteiger partial charge >= 0.3 is 0 Å². The molecule has 2 bridgehead atoms. The Hall–Kier alpha value is -0.370. The number of carbonyl (C=O) groups excluding carboxylic acids is 1. The summed E-state index contributed by atoms with van der Waals surface area (Å²) in [6.45, 7) is 2.15. The molecule has 3 saturated carbocycles. The number of hydrogen-bond donors (Lipinski definition) is 1. The number of carbonyl (C=O) groups is 1. The van der Waals surface area contributed by atoms with E-state index < -0.39 is 5.60 Å². The first kappa shape index (κ1) is 8.90. The van der Waals surface area contributed by atoms with Crippen LogP contribution < -0.4 is 0 Å². The van der Waals surface area contributed by atoms with E-state index in [1.807, 2.05) is 0 Å². The number of Topliss-reactive ketones (excluding diaryl/α,β-unsaturated/α-hetero) is 1. The van der Waals surface area contributed by atoms with E-state index in [9.17, 15) is 9.90 Å². The smallest absolute Gasteiger partial charge is 0.165 e. The topological polar surface area (TPSA) is 37.3 Å². The molecule has 0 radical (unpaired) electrons. The van der Waals surface area contributed by atoms with Gasteiger partial charge in [-0.2, -0.15) is 0 Å². The SMILES string of the molecule is C[C@]12CCCC(=O)[C@@]1(O)[C@H]1CC[C@@H]2C1. The van der Waals surface area contributed by atoms with Crippen molar-refractivity contribution in [3.63, 3.8) is 0 Å². The van der Waals surface area contributed by atoms with Crippen LogP contribution in [0.3, 0.4) is 0 Å². The van der Waals surface area contributed by atoms with Crippen LogP contribution in [0.5, 0.6) is 0 Å². The molecule has 0 heterocycles. The standard InChI is InChI=1S/C12H18O2/c1-11-6-2-3-10(13)12(11,14)9-5-4-8(11)7-9/h8-9,14H,2-7H2,1H3/t8-,9+,11-,12+/m1/s1. The highest BCUT2D eigenvalue weighted by molar-refractivity contribution is 5.90. The third-order valence-electron chi connectivity index (χ3n) is 5.32. The molecule has 0 aliphatic heterocycles. The highest BCUT2D eigenvalue weighted by atomic mass is 16.3. The van der Waals surface area contributed by atoms with Gasteiger partial charge in [0.1, 0.15) is 5.60 Å². The van der Waals surface area contributed by atoms with Crippen LogP contribution in [0.2, 0.25) is 0 Å². The zero-order valence-corrected chi connectivity index (χ0v) is 8.75. The van der Waals surface area contributed by atoms with Crippen molar-refractivity contribution in [1.29, 1.82) is 0 Å². The van der Waals surface area contributed by atoms with E-state index in [1.165, 1.54) is 6.42 Å². The van der Waals surface area contributed by atoms with Gasteiger partial charge in [0, 0.05) is 11.8 Å². The molecule has 78 valence electrons. The summed E-state index contributed by atoms with van der Waals surface area (Å²) in [7, 11) is 0. The molecule has 3 aliphatic carbocycles. The Bertz CT molecular complexity index is 299. The van der Waals surface area contributed by atoms with Gasteiger partial charge in [-0.15, -0.1) is 0 Å². The van der Waals surface area contributed by atoms with Crippen LogP contribution in [-0.2, 0) is 4.79 Å². The predicted octanol–water partition coefficient (Wildman–Crippen LogP) is 1.91. The number of aliphatic hydroxyl groups is 1. The molecule has 2 heteroatoms. The van der Waals surface area contributed by atoms with E-state index in [2.05, 4.69) is 6.92 Å². The zero-order chi connectivity index (χ0) is 9.97. The first-order valence-corrected chi connectivity index (χ1v) is 5.85. The van der Waals surface area contributed by atoms with Crippen molar-refractivity contribution in [2.24, 2.45) is 17.3 Å². The van der Waals surface area contributed by atoms with Gasteiger partial charge in [-0.05, 0) is 43.9 Å². The number of hydrogen-bond acceptors (Lipinski definition) is 2. The number of fused-ring (bicyclic) bond motifs is 5. The van der Waals surface area contributed by atoms with Gasteiger partial charge in [0.25, 0.3) is 0 Å². The lowest BCUT2D eigenvalue weighted by Gasteiger charge is -2.50. The molecule has 2 nitrogen and oxygen atoms in total. The van der Waals surface area contributed by atoms with E-state index in [1.54, 1.807) is 0 Å². The number of rotatable bonds is 0. The maximum Gasteiger partial charge on any atom is 0.165 e. The van der Waals surface area contributed by atoms with Crippen molar-refractivity contribution in [3.8, 4) is 0 Å². The first-order valence-electron chi connectivity index (χ1n) is 5.85. The lowest BCUT2D eigenvalue weighted by molar-refractivity contribution is -0.171. The maximum absolute atomic E-state index is 11.9. The van der Waals surface area contributed by atoms with E-state index in [0.29, 0.717) is 12.3 Å². The summed E-state index contributed by atoms with van der Waals surface area (Å²) < 4.78 is 0. The molecule has 0 amide bonds. The maximum atomic E-state index is 11.9. The minimum Gasteiger partial charge on any atom is -0.381 e. The quantitative estimate of drug-likeness (QED) is 0.639. The van der Waals surface area contributed by atoms with Crippen LogP contribution in [0.4, 0.5) is 0 Å². The Morgan fingerprint density at radius 3 is 2.79 bits per heavy atom. The Morgan fingerprint density at radius 1 is 1.36 bits per heavy atom. The molecule has 1 N–H and O–H groups in total. The molecule has 4 atom stereocenters. The van der Waals surface area contributed by atoms with Gasteiger partial charge < -0.3 is 5.11 Å². The molecule has 3 fully saturated rings. The second-order valence-electron chi connectivity index (χ2n) is 5.67. The summed E-state index contributed by atoms with van der Waals surface area (Å²) in [6, 6.07) is 0. The summed E-state index contributed by atoms with van der Waals surface area (Å²) in [5.41, 5.74) is -1.01. The second-order valence-corrected chi connectivity index (χ2v) is 5.67. The van der Waals surface area contributed by atoms with Gasteiger partial charge in [0.05, 0.1) is 0 Å². The minimum absolute atomic E-state index is 0.0781. The Balaban J connectivity index is 2.10. The minimum atomic E-state index is -0.936. The largest absolute Gasteiger partial charge is 0.381 e. The fourth-order valence-electron chi connectivity index (χ4n) is 4.46. The molecule has 0 aromatic rings. The average Bonchev–Trinajstić information content (AvgIpc) is 2.69. The molecule has 14 heavy (non-hydrogen) atoms. The number of ketones is 1. The van der Waals surface area contributed by atoms with Gasteiger partial charge in [0.15, 0.2) is 5.78 Å². The van der Waals surface area contributed by atoms with E-state index in [-0.39, 0.29) is 17.1 Å². The van der Waals surface area contributed by atoms with Crippen LogP contribution in [0.1, 0.15) is 45.4 Å². The first-order chi connectivity index (χ1) is 6.59. The fraction of sp³-hybridized carbons (Fsp3) is 0.917. The van der Waals surface area contributed by atoms with Crippen molar-refractivity contribution >= 4 is 5.78 Å². The second kappa shape index (κ2) is 2.41. The van der Waals surface area contributed by atoms with Crippen molar-refractivity contribution in [3.05, 3.63) is 0 Å². The normalized spacial score (nSPS) is 56.3. The summed E-state index contributed by atoms with van der Waals surface area (Å²) >= 11 is 0. The van der Waals surface area contributed by atoms with E-state index >= 15 is 0 Å². The molecule has 0 aromatic carbocycles. The van der Waals surface area contributed by atoms with E-state index in [0.717, 1.165) is 25.7 Å². The average molecular weight is 194 g/mol. The van der Waals surface area contributed by atoms with Gasteiger partial charge in [-0.25, -0.2) is 0 Å². The van der Waals surface area contributed by atoms with E-state index in [4.69, 9.17) is 0 Å². The Labute approximate surface area is 84.7 Å². The summed E-state index contributed by atoms with van der Waals surface area (Å²) in [6.07, 6.45) is 6.05. The highest BCUT2D eigenvalue weighted by Gasteiger charge is 2.68. The van der Waals surface area contributed by atoms with Crippen molar-refractivity contribution in [1.82, 2.24) is 0 Å². The predicted molar refractivity (Wildman–Crippen MR) is 52.7 cm³/mol. The van der Waals surface area contributed by atoms with Crippen molar-refractivity contribution in [2.45, 2.75) is 51.0 Å². The molecule has 0 spiro atoms. The third kappa shape index (κ3) is 0.723. The molecule has 0 saturated heterocycles. The lowest BCUT2D eigenvalue weighted by atomic mass is 9.57. The summed E-state index contributed by atoms with van der Waals surface area (Å²) in [4.78, 5) is 11.9. The van der Waals surface area contributed by atoms with Crippen LogP contribution in [0.25, 0.3) is 0 Å². The monoisotopic (exact) mass is 194 g/mol. The fourth-order valence-corrected chi connectivity index (χ4v) is 4.46. The Morgan fingerprint density at radius 2 is 2.07 bits per heavy atom. The molecule has 0 unspecified atom stereocenters. The highest BCUT2D eigenvalue weighted by Crippen LogP contribution is 2.65. The van der Waals surface area contributed by atoms with Crippen LogP contribution in [0, 0.1) is 17.3 Å². The molecular formula is C12H18O2. The third-order valence-corrected chi connectivity index (χ3v) is 5.32. The molecule has 3 rings (SSSR count). The lowest BCUT2D eigenvalue weighted by Crippen LogP contribution is -2.58. The van der Waals surface area contributed by atoms with Gasteiger partial charge in [-0.3, -0.25) is 4.79 Å². The molecular weight excluding hydrogens is 176 g/mol. The van der Waals surface area contributed by atoms with Crippen molar-refractivity contribution < 1.29 is 9.90 Å². The van der Waals surface area contributed by atoms with Crippen molar-refractivity contribution in [2.75, 3.05) is 0 Å². The van der Waals surface area contributed by atoms with Gasteiger partial charge in [0.2, 0.25) is 0 Å². The zero-order valence-electron chi connectivity index (χ0n) is 8.75. The summed E-state index contributed by atoms with van der Waals surface area (Å²) in [5, 5.41) is 10.7. The summed E-state index contributed by atoms with van der Waals surface area (Å²) in [5.74, 6) is 1.03. The van der Waals surface area contributed by atoms with Crippen LogP contribution >= 0.6 is 0 Å². The van der Waals surface area contributed by atoms with Gasteiger partial charge in [-0.1, -0.05) is 6.92 Å². The Kier molecular flexibility index (Phi) is 1.53. The van der Waals surface area contributed by atoms with Crippen LogP contribution in [-0.4, -0.2) is 16.5 Å². The molecule has 0 aromatic heterocycles.